The van der Waals surface area contributed by atoms with Crippen molar-refractivity contribution in [1.29, 1.82) is 0 Å². The third-order valence-corrected chi connectivity index (χ3v) is 7.97. The van der Waals surface area contributed by atoms with Gasteiger partial charge in [-0.05, 0) is 68.1 Å². The summed E-state index contributed by atoms with van der Waals surface area (Å²) >= 11 is 2.87. The maximum absolute atomic E-state index is 13.0. The van der Waals surface area contributed by atoms with Gasteiger partial charge in [-0.15, -0.1) is 10.2 Å². The number of sulfonamides is 1. The van der Waals surface area contributed by atoms with E-state index in [-0.39, 0.29) is 10.5 Å². The first-order chi connectivity index (χ1) is 14.7. The van der Waals surface area contributed by atoms with Gasteiger partial charge >= 0.3 is 0 Å². The lowest BCUT2D eigenvalue weighted by atomic mass is 10.1. The molecule has 1 aromatic heterocycles. The Morgan fingerprint density at radius 1 is 1.06 bits per heavy atom. The number of nitrogens with one attached hydrogen (secondary N) is 2. The van der Waals surface area contributed by atoms with E-state index < -0.39 is 15.9 Å². The molecule has 10 heteroatoms. The minimum atomic E-state index is -3.87. The Balaban J connectivity index is 1.81. The number of anilines is 2. The second-order valence-corrected chi connectivity index (χ2v) is 11.1. The van der Waals surface area contributed by atoms with Crippen LogP contribution in [0.2, 0.25) is 0 Å². The van der Waals surface area contributed by atoms with Crippen LogP contribution in [0, 0.1) is 20.8 Å². The highest BCUT2D eigenvalue weighted by atomic mass is 32.2. The number of hydrogen-bond donors (Lipinski definition) is 2. The van der Waals surface area contributed by atoms with Crippen LogP contribution in [0.25, 0.3) is 0 Å². The highest BCUT2D eigenvalue weighted by molar-refractivity contribution is 8.01. The first-order valence-corrected chi connectivity index (χ1v) is 13.0. The van der Waals surface area contributed by atoms with Gasteiger partial charge in [0.15, 0.2) is 4.34 Å². The summed E-state index contributed by atoms with van der Waals surface area (Å²) in [5.41, 5.74) is 3.16. The average Bonchev–Trinajstić information content (AvgIpc) is 3.12. The third-order valence-electron chi connectivity index (χ3n) is 4.27. The Labute approximate surface area is 190 Å². The van der Waals surface area contributed by atoms with Gasteiger partial charge in [-0.3, -0.25) is 14.8 Å². The van der Waals surface area contributed by atoms with E-state index in [9.17, 15) is 13.2 Å². The third kappa shape index (κ3) is 6.05. The number of nitrogens with zero attached hydrogens (tertiary/aromatic N) is 2. The Bertz CT molecular complexity index is 1190. The van der Waals surface area contributed by atoms with Gasteiger partial charge in [0.2, 0.25) is 5.13 Å². The number of aryl methyl sites for hydroxylation is 3. The quantitative estimate of drug-likeness (QED) is 0.350. The van der Waals surface area contributed by atoms with Crippen LogP contribution in [0.15, 0.2) is 45.6 Å². The maximum Gasteiger partial charge on any atom is 0.262 e. The molecule has 2 aromatic carbocycles. The van der Waals surface area contributed by atoms with Crippen molar-refractivity contribution >= 4 is 49.8 Å². The Kier molecular flexibility index (Phi) is 7.34. The van der Waals surface area contributed by atoms with Gasteiger partial charge in [0.25, 0.3) is 15.9 Å². The van der Waals surface area contributed by atoms with Crippen molar-refractivity contribution in [3.05, 3.63) is 58.7 Å². The van der Waals surface area contributed by atoms with Crippen LogP contribution in [0.3, 0.4) is 0 Å². The zero-order valence-electron chi connectivity index (χ0n) is 17.7. The Morgan fingerprint density at radius 2 is 1.77 bits per heavy atom. The molecule has 0 aliphatic carbocycles. The molecule has 0 aliphatic rings. The standard InChI is InChI=1S/C21H24N4O3S3/c1-5-8-29-21-24-23-20(30-21)22-19(26)16-7-6-15(4)18(12-16)31(27,28)25-17-10-13(2)9-14(3)11-17/h6-7,9-12,25H,5,8H2,1-4H3,(H,22,23,26). The number of amides is 1. The molecule has 0 atom stereocenters. The largest absolute Gasteiger partial charge is 0.296 e. The summed E-state index contributed by atoms with van der Waals surface area (Å²) in [6.45, 7) is 7.58. The van der Waals surface area contributed by atoms with Gasteiger partial charge in [0, 0.05) is 17.0 Å². The fourth-order valence-electron chi connectivity index (χ4n) is 2.95. The molecular weight excluding hydrogens is 452 g/mol. The van der Waals surface area contributed by atoms with Crippen molar-refractivity contribution in [2.24, 2.45) is 0 Å². The van der Waals surface area contributed by atoms with E-state index in [1.165, 1.54) is 17.4 Å². The van der Waals surface area contributed by atoms with Crippen molar-refractivity contribution in [2.75, 3.05) is 15.8 Å². The van der Waals surface area contributed by atoms with E-state index in [1.54, 1.807) is 43.0 Å². The molecule has 0 saturated heterocycles. The summed E-state index contributed by atoms with van der Waals surface area (Å²) in [6, 6.07) is 10.1. The normalized spacial score (nSPS) is 11.4. The molecule has 31 heavy (non-hydrogen) atoms. The molecule has 0 saturated carbocycles. The van der Waals surface area contributed by atoms with Crippen LogP contribution < -0.4 is 10.0 Å². The highest BCUT2D eigenvalue weighted by Gasteiger charge is 2.20. The molecule has 0 spiro atoms. The number of rotatable bonds is 8. The number of carbonyl (C=O) groups excluding carboxylic acids is 1. The zero-order chi connectivity index (χ0) is 22.6. The number of carbonyl (C=O) groups is 1. The molecule has 0 unspecified atom stereocenters. The van der Waals surface area contributed by atoms with E-state index in [1.807, 2.05) is 19.9 Å². The Morgan fingerprint density at radius 3 is 2.45 bits per heavy atom. The number of thioether (sulfide) groups is 1. The summed E-state index contributed by atoms with van der Waals surface area (Å²) in [4.78, 5) is 12.7. The van der Waals surface area contributed by atoms with E-state index in [2.05, 4.69) is 27.2 Å². The lowest BCUT2D eigenvalue weighted by Gasteiger charge is -2.13. The molecular formula is C21H24N4O3S3. The lowest BCUT2D eigenvalue weighted by molar-refractivity contribution is 0.102. The zero-order valence-corrected chi connectivity index (χ0v) is 20.2. The minimum absolute atomic E-state index is 0.0516. The molecule has 164 valence electrons. The maximum atomic E-state index is 13.0. The summed E-state index contributed by atoms with van der Waals surface area (Å²) in [5.74, 6) is 0.487. The number of hydrogen-bond acceptors (Lipinski definition) is 7. The highest BCUT2D eigenvalue weighted by Crippen LogP contribution is 2.27. The molecule has 0 aliphatic heterocycles. The number of aromatic nitrogens is 2. The van der Waals surface area contributed by atoms with Crippen molar-refractivity contribution < 1.29 is 13.2 Å². The average molecular weight is 477 g/mol. The molecule has 1 heterocycles. The molecule has 2 N–H and O–H groups in total. The second-order valence-electron chi connectivity index (χ2n) is 7.14. The van der Waals surface area contributed by atoms with Crippen molar-refractivity contribution in [1.82, 2.24) is 10.2 Å². The molecule has 1 amide bonds. The fourth-order valence-corrected chi connectivity index (χ4v) is 5.94. The molecule has 0 radical (unpaired) electrons. The van der Waals surface area contributed by atoms with Gasteiger partial charge < -0.3 is 0 Å². The molecule has 3 aromatic rings. The summed E-state index contributed by atoms with van der Waals surface area (Å²) in [6.07, 6.45) is 1.02. The van der Waals surface area contributed by atoms with E-state index in [4.69, 9.17) is 0 Å². The first kappa shape index (κ1) is 23.2. The van der Waals surface area contributed by atoms with Crippen LogP contribution in [-0.2, 0) is 10.0 Å². The monoisotopic (exact) mass is 476 g/mol. The van der Waals surface area contributed by atoms with Gasteiger partial charge in [-0.2, -0.15) is 0 Å². The molecule has 7 nitrogen and oxygen atoms in total. The minimum Gasteiger partial charge on any atom is -0.296 e. The predicted octanol–water partition coefficient (Wildman–Crippen LogP) is 5.02. The van der Waals surface area contributed by atoms with Crippen LogP contribution in [-0.4, -0.2) is 30.3 Å². The SMILES string of the molecule is CCCSc1nnc(NC(=O)c2ccc(C)c(S(=O)(=O)Nc3cc(C)cc(C)c3)c2)s1. The summed E-state index contributed by atoms with van der Waals surface area (Å²) in [5, 5.41) is 11.1. The van der Waals surface area contributed by atoms with Crippen molar-refractivity contribution in [2.45, 2.75) is 43.4 Å². The van der Waals surface area contributed by atoms with E-state index >= 15 is 0 Å². The molecule has 0 bridgehead atoms. The van der Waals surface area contributed by atoms with Gasteiger partial charge in [0.05, 0.1) is 4.90 Å². The molecule has 3 rings (SSSR count). The summed E-state index contributed by atoms with van der Waals surface area (Å²) in [7, 11) is -3.87. The van der Waals surface area contributed by atoms with E-state index in [0.29, 0.717) is 16.4 Å². The van der Waals surface area contributed by atoms with Gasteiger partial charge in [0.1, 0.15) is 0 Å². The second kappa shape index (κ2) is 9.80. The number of benzene rings is 2. The van der Waals surface area contributed by atoms with Gasteiger partial charge in [-0.25, -0.2) is 8.42 Å². The topological polar surface area (TPSA) is 101 Å². The summed E-state index contributed by atoms with van der Waals surface area (Å²) < 4.78 is 29.4. The van der Waals surface area contributed by atoms with Crippen LogP contribution in [0.1, 0.15) is 40.4 Å². The predicted molar refractivity (Wildman–Crippen MR) is 127 cm³/mol. The Hall–Kier alpha value is -2.43. The fraction of sp³-hybridized carbons (Fsp3) is 0.286. The van der Waals surface area contributed by atoms with Crippen molar-refractivity contribution in [3.63, 3.8) is 0 Å². The van der Waals surface area contributed by atoms with Crippen molar-refractivity contribution in [3.8, 4) is 0 Å². The van der Waals surface area contributed by atoms with Crippen LogP contribution in [0.5, 0.6) is 0 Å². The van der Waals surface area contributed by atoms with E-state index in [0.717, 1.165) is 27.6 Å². The first-order valence-electron chi connectivity index (χ1n) is 9.67. The van der Waals surface area contributed by atoms with Crippen LogP contribution >= 0.6 is 23.1 Å². The lowest BCUT2D eigenvalue weighted by Crippen LogP contribution is -2.17. The van der Waals surface area contributed by atoms with Crippen LogP contribution in [0.4, 0.5) is 10.8 Å². The molecule has 0 fully saturated rings. The van der Waals surface area contributed by atoms with Gasteiger partial charge in [-0.1, -0.05) is 42.2 Å². The smallest absolute Gasteiger partial charge is 0.262 e.